The molecule has 1 aromatic carbocycles. The summed E-state index contributed by atoms with van der Waals surface area (Å²) in [6.45, 7) is 0.912. The van der Waals surface area contributed by atoms with Crippen LogP contribution in [0.5, 0.6) is 5.75 Å². The van der Waals surface area contributed by atoms with Crippen LogP contribution >= 0.6 is 0 Å². The van der Waals surface area contributed by atoms with Gasteiger partial charge in [0, 0.05) is 39.5 Å². The number of ether oxygens (including phenoxy) is 1. The highest BCUT2D eigenvalue weighted by Crippen LogP contribution is 2.35. The molecule has 1 aromatic heterocycles. The minimum atomic E-state index is -0.697. The summed E-state index contributed by atoms with van der Waals surface area (Å²) in [5.41, 5.74) is 0.277. The van der Waals surface area contributed by atoms with E-state index in [1.165, 1.54) is 6.33 Å². The van der Waals surface area contributed by atoms with Crippen molar-refractivity contribution in [2.75, 3.05) is 33.4 Å². The third-order valence-corrected chi connectivity index (χ3v) is 5.26. The van der Waals surface area contributed by atoms with Crippen molar-refractivity contribution in [3.05, 3.63) is 42.0 Å². The van der Waals surface area contributed by atoms with E-state index in [0.29, 0.717) is 32.5 Å². The molecule has 29 heavy (non-hydrogen) atoms. The molecule has 2 heterocycles. The molecular weight excluding hydrogens is 374 g/mol. The molecule has 1 fully saturated rings. The number of carbonyl (C=O) groups excluding carboxylic acids is 2. The van der Waals surface area contributed by atoms with E-state index in [9.17, 15) is 9.59 Å². The minimum absolute atomic E-state index is 0.0724. The lowest BCUT2D eigenvalue weighted by Gasteiger charge is -2.49. The average Bonchev–Trinajstić information content (AvgIpc) is 3.09. The summed E-state index contributed by atoms with van der Waals surface area (Å²) in [5.74, 6) is 1.30. The number of carbonyl (C=O) groups is 2. The van der Waals surface area contributed by atoms with E-state index in [2.05, 4.69) is 15.4 Å². The number of methoxy groups -OCH3 is 1. The first kappa shape index (κ1) is 20.8. The molecular formula is C20H27N5O4. The Bertz CT molecular complexity index is 860. The minimum Gasteiger partial charge on any atom is -0.497 e. The summed E-state index contributed by atoms with van der Waals surface area (Å²) in [7, 11) is 3.41. The van der Waals surface area contributed by atoms with Gasteiger partial charge in [-0.3, -0.25) is 14.3 Å². The SMILES string of the molecule is COc1cccc(CC2(C(=O)NCCc3ncnn3C)CN(C(=O)CCO)C2)c1. The predicted octanol–water partition coefficient (Wildman–Crippen LogP) is -0.0639. The lowest BCUT2D eigenvalue weighted by atomic mass is 9.73. The topological polar surface area (TPSA) is 110 Å². The van der Waals surface area contributed by atoms with Crippen LogP contribution in [-0.4, -0.2) is 69.9 Å². The molecule has 0 bridgehead atoms. The van der Waals surface area contributed by atoms with Gasteiger partial charge in [-0.05, 0) is 24.1 Å². The molecule has 1 aliphatic heterocycles. The fourth-order valence-corrected chi connectivity index (χ4v) is 3.65. The first-order valence-electron chi connectivity index (χ1n) is 9.60. The first-order valence-corrected chi connectivity index (χ1v) is 9.60. The summed E-state index contributed by atoms with van der Waals surface area (Å²) in [5, 5.41) is 16.0. The van der Waals surface area contributed by atoms with E-state index in [1.54, 1.807) is 16.7 Å². The monoisotopic (exact) mass is 401 g/mol. The number of amides is 2. The summed E-state index contributed by atoms with van der Waals surface area (Å²) in [6, 6.07) is 7.61. The van der Waals surface area contributed by atoms with Crippen LogP contribution in [0.25, 0.3) is 0 Å². The van der Waals surface area contributed by atoms with Crippen LogP contribution < -0.4 is 10.1 Å². The Morgan fingerprint density at radius 2 is 2.14 bits per heavy atom. The van der Waals surface area contributed by atoms with Gasteiger partial charge in [-0.2, -0.15) is 5.10 Å². The van der Waals surface area contributed by atoms with Gasteiger partial charge in [0.1, 0.15) is 17.9 Å². The molecule has 9 nitrogen and oxygen atoms in total. The predicted molar refractivity (Wildman–Crippen MR) is 105 cm³/mol. The number of nitrogens with one attached hydrogen (secondary N) is 1. The van der Waals surface area contributed by atoms with Gasteiger partial charge in [0.25, 0.3) is 0 Å². The fraction of sp³-hybridized carbons (Fsp3) is 0.500. The maximum absolute atomic E-state index is 13.1. The number of benzene rings is 1. The third-order valence-electron chi connectivity index (χ3n) is 5.26. The van der Waals surface area contributed by atoms with Crippen LogP contribution in [0.2, 0.25) is 0 Å². The van der Waals surface area contributed by atoms with Crippen LogP contribution in [0.1, 0.15) is 17.8 Å². The Hall–Kier alpha value is -2.94. The Morgan fingerprint density at radius 1 is 1.34 bits per heavy atom. The van der Waals surface area contributed by atoms with E-state index in [-0.39, 0.29) is 24.8 Å². The van der Waals surface area contributed by atoms with Gasteiger partial charge in [-0.1, -0.05) is 12.1 Å². The van der Waals surface area contributed by atoms with E-state index in [1.807, 2.05) is 31.3 Å². The molecule has 1 saturated heterocycles. The number of aliphatic hydroxyl groups is 1. The highest BCUT2D eigenvalue weighted by atomic mass is 16.5. The quantitative estimate of drug-likeness (QED) is 0.609. The van der Waals surface area contributed by atoms with Crippen molar-refractivity contribution >= 4 is 11.8 Å². The molecule has 156 valence electrons. The third kappa shape index (κ3) is 4.73. The van der Waals surface area contributed by atoms with Gasteiger partial charge in [0.05, 0.1) is 19.1 Å². The molecule has 2 amide bonds. The van der Waals surface area contributed by atoms with Gasteiger partial charge >= 0.3 is 0 Å². The summed E-state index contributed by atoms with van der Waals surface area (Å²) in [6.07, 6.45) is 2.63. The normalized spacial score (nSPS) is 14.9. The number of aryl methyl sites for hydroxylation is 1. The molecule has 0 unspecified atom stereocenters. The highest BCUT2D eigenvalue weighted by molar-refractivity contribution is 5.88. The molecule has 9 heteroatoms. The fourth-order valence-electron chi connectivity index (χ4n) is 3.65. The zero-order chi connectivity index (χ0) is 20.9. The molecule has 0 saturated carbocycles. The lowest BCUT2D eigenvalue weighted by molar-refractivity contribution is -0.154. The molecule has 1 aliphatic rings. The Kier molecular flexibility index (Phi) is 6.48. The zero-order valence-electron chi connectivity index (χ0n) is 16.8. The van der Waals surface area contributed by atoms with Crippen molar-refractivity contribution in [2.45, 2.75) is 19.3 Å². The van der Waals surface area contributed by atoms with Gasteiger partial charge in [0.15, 0.2) is 0 Å². The van der Waals surface area contributed by atoms with Crippen LogP contribution in [0, 0.1) is 5.41 Å². The van der Waals surface area contributed by atoms with Crippen LogP contribution in [0.4, 0.5) is 0 Å². The molecule has 3 rings (SSSR count). The highest BCUT2D eigenvalue weighted by Gasteiger charge is 2.50. The average molecular weight is 401 g/mol. The van der Waals surface area contributed by atoms with E-state index >= 15 is 0 Å². The second-order valence-electron chi connectivity index (χ2n) is 7.34. The van der Waals surface area contributed by atoms with Gasteiger partial charge in [-0.25, -0.2) is 4.98 Å². The largest absolute Gasteiger partial charge is 0.497 e. The van der Waals surface area contributed by atoms with Crippen molar-refractivity contribution in [3.63, 3.8) is 0 Å². The number of rotatable bonds is 9. The molecule has 0 radical (unpaired) electrons. The second-order valence-corrected chi connectivity index (χ2v) is 7.34. The number of hydrogen-bond donors (Lipinski definition) is 2. The van der Waals surface area contributed by atoms with Crippen molar-refractivity contribution in [2.24, 2.45) is 12.5 Å². The standard InChI is InChI=1S/C20H27N5O4/c1-24-17(22-14-23-24)6-8-21-19(28)20(12-25(13-20)18(27)7-9-26)11-15-4-3-5-16(10-15)29-2/h3-5,10,14,26H,6-9,11-13H2,1-2H3,(H,21,28). The van der Waals surface area contributed by atoms with Crippen LogP contribution in [-0.2, 0) is 29.5 Å². The second kappa shape index (κ2) is 9.04. The van der Waals surface area contributed by atoms with E-state index in [0.717, 1.165) is 17.1 Å². The maximum Gasteiger partial charge on any atom is 0.230 e. The maximum atomic E-state index is 13.1. The van der Waals surface area contributed by atoms with Crippen molar-refractivity contribution in [1.82, 2.24) is 25.0 Å². The van der Waals surface area contributed by atoms with Crippen molar-refractivity contribution < 1.29 is 19.4 Å². The lowest BCUT2D eigenvalue weighted by Crippen LogP contribution is -2.65. The molecule has 2 N–H and O–H groups in total. The van der Waals surface area contributed by atoms with Gasteiger partial charge in [0.2, 0.25) is 11.8 Å². The smallest absolute Gasteiger partial charge is 0.230 e. The van der Waals surface area contributed by atoms with Crippen molar-refractivity contribution in [3.8, 4) is 5.75 Å². The molecule has 0 spiro atoms. The van der Waals surface area contributed by atoms with E-state index in [4.69, 9.17) is 9.84 Å². The van der Waals surface area contributed by atoms with E-state index < -0.39 is 5.41 Å². The molecule has 2 aromatic rings. The Balaban J connectivity index is 1.68. The summed E-state index contributed by atoms with van der Waals surface area (Å²) in [4.78, 5) is 31.0. The summed E-state index contributed by atoms with van der Waals surface area (Å²) < 4.78 is 6.96. The number of hydrogen-bond acceptors (Lipinski definition) is 6. The number of aliphatic hydroxyl groups excluding tert-OH is 1. The Morgan fingerprint density at radius 3 is 2.79 bits per heavy atom. The summed E-state index contributed by atoms with van der Waals surface area (Å²) >= 11 is 0. The first-order chi connectivity index (χ1) is 14.0. The number of nitrogens with zero attached hydrogens (tertiary/aromatic N) is 4. The number of aromatic nitrogens is 3. The van der Waals surface area contributed by atoms with Crippen LogP contribution in [0.3, 0.4) is 0 Å². The van der Waals surface area contributed by atoms with Gasteiger partial charge < -0.3 is 20.1 Å². The Labute approximate surface area is 169 Å². The number of likely N-dealkylation sites (tertiary alicyclic amines) is 1. The van der Waals surface area contributed by atoms with Crippen LogP contribution in [0.15, 0.2) is 30.6 Å². The molecule has 0 atom stereocenters. The van der Waals surface area contributed by atoms with Gasteiger partial charge in [-0.15, -0.1) is 0 Å². The van der Waals surface area contributed by atoms with Crippen molar-refractivity contribution in [1.29, 1.82) is 0 Å². The zero-order valence-corrected chi connectivity index (χ0v) is 16.8. The molecule has 0 aliphatic carbocycles.